The van der Waals surface area contributed by atoms with Crippen molar-refractivity contribution >= 4 is 43.1 Å². The largest absolute Gasteiger partial charge is 0.302 e. The molecular weight excluding hydrogens is 372 g/mol. The lowest BCUT2D eigenvalue weighted by atomic mass is 10.0. The Morgan fingerprint density at radius 3 is 2.81 bits per heavy atom. The van der Waals surface area contributed by atoms with Crippen LogP contribution in [0.25, 0.3) is 21.3 Å². The average Bonchev–Trinajstić information content (AvgIpc) is 3.09. The average molecular weight is 388 g/mol. The SMILES string of the molecule is O=C(Nc1ncc(-c2ccc3nnccc3c2)s1)C1CCS(=O)(=O)CC1. The van der Waals surface area contributed by atoms with Gasteiger partial charge in [0.2, 0.25) is 5.91 Å². The standard InChI is InChI=1S/C17H16N4O3S2/c22-16(11-4-7-26(23,24)8-5-11)20-17-18-10-15(25-17)13-1-2-14-12(9-13)3-6-19-21-14/h1-3,6,9-11H,4-5,7-8H2,(H,18,20,22). The Kier molecular flexibility index (Phi) is 4.41. The number of benzene rings is 1. The molecule has 4 rings (SSSR count). The highest BCUT2D eigenvalue weighted by molar-refractivity contribution is 7.91. The van der Waals surface area contributed by atoms with Gasteiger partial charge in [-0.05, 0) is 36.6 Å². The van der Waals surface area contributed by atoms with Crippen LogP contribution in [0.4, 0.5) is 5.13 Å². The van der Waals surface area contributed by atoms with Crippen molar-refractivity contribution in [2.45, 2.75) is 12.8 Å². The number of sulfone groups is 1. The Morgan fingerprint density at radius 1 is 1.19 bits per heavy atom. The Balaban J connectivity index is 1.48. The van der Waals surface area contributed by atoms with Crippen LogP contribution < -0.4 is 5.32 Å². The lowest BCUT2D eigenvalue weighted by Crippen LogP contribution is -2.31. The van der Waals surface area contributed by atoms with E-state index in [2.05, 4.69) is 20.5 Å². The van der Waals surface area contributed by atoms with E-state index in [0.717, 1.165) is 21.3 Å². The molecule has 0 unspecified atom stereocenters. The fourth-order valence-corrected chi connectivity index (χ4v) is 5.27. The second kappa shape index (κ2) is 6.73. The van der Waals surface area contributed by atoms with Gasteiger partial charge in [-0.2, -0.15) is 10.2 Å². The number of rotatable bonds is 3. The van der Waals surface area contributed by atoms with Crippen LogP contribution in [0.3, 0.4) is 0 Å². The summed E-state index contributed by atoms with van der Waals surface area (Å²) < 4.78 is 23.0. The highest BCUT2D eigenvalue weighted by Gasteiger charge is 2.28. The van der Waals surface area contributed by atoms with Gasteiger partial charge in [0.1, 0.15) is 9.84 Å². The second-order valence-electron chi connectivity index (χ2n) is 6.25. The number of nitrogens with zero attached hydrogens (tertiary/aromatic N) is 3. The molecule has 0 atom stereocenters. The molecule has 1 aliphatic heterocycles. The maximum absolute atomic E-state index is 12.3. The molecule has 1 amide bonds. The first-order chi connectivity index (χ1) is 12.5. The van der Waals surface area contributed by atoms with E-state index in [1.54, 1.807) is 12.4 Å². The van der Waals surface area contributed by atoms with Crippen molar-refractivity contribution < 1.29 is 13.2 Å². The van der Waals surface area contributed by atoms with E-state index in [9.17, 15) is 13.2 Å². The number of hydrogen-bond donors (Lipinski definition) is 1. The summed E-state index contributed by atoms with van der Waals surface area (Å²) in [6.45, 7) is 0. The summed E-state index contributed by atoms with van der Waals surface area (Å²) in [7, 11) is -2.97. The van der Waals surface area contributed by atoms with Crippen LogP contribution >= 0.6 is 11.3 Å². The minimum atomic E-state index is -2.97. The third-order valence-electron chi connectivity index (χ3n) is 4.46. The summed E-state index contributed by atoms with van der Waals surface area (Å²) >= 11 is 1.39. The first-order valence-corrected chi connectivity index (χ1v) is 10.8. The summed E-state index contributed by atoms with van der Waals surface area (Å²) in [5.41, 5.74) is 1.81. The van der Waals surface area contributed by atoms with Gasteiger partial charge in [0.05, 0.1) is 28.1 Å². The number of anilines is 1. The zero-order chi connectivity index (χ0) is 18.1. The van der Waals surface area contributed by atoms with E-state index >= 15 is 0 Å². The summed E-state index contributed by atoms with van der Waals surface area (Å²) in [6.07, 6.45) is 4.12. The number of carbonyl (C=O) groups excluding carboxylic acids is 1. The number of aromatic nitrogens is 3. The highest BCUT2D eigenvalue weighted by Crippen LogP contribution is 2.31. The van der Waals surface area contributed by atoms with Crippen molar-refractivity contribution in [3.8, 4) is 10.4 Å². The van der Waals surface area contributed by atoms with Crippen LogP contribution in [0.2, 0.25) is 0 Å². The molecule has 3 aromatic rings. The van der Waals surface area contributed by atoms with Crippen molar-refractivity contribution in [1.29, 1.82) is 0 Å². The third kappa shape index (κ3) is 3.58. The molecule has 0 saturated carbocycles. The number of amides is 1. The third-order valence-corrected chi connectivity index (χ3v) is 7.14. The van der Waals surface area contributed by atoms with Crippen molar-refractivity contribution in [2.75, 3.05) is 16.8 Å². The maximum Gasteiger partial charge on any atom is 0.229 e. The second-order valence-corrected chi connectivity index (χ2v) is 9.58. The number of carbonyl (C=O) groups is 1. The molecule has 2 aromatic heterocycles. The van der Waals surface area contributed by atoms with Crippen LogP contribution in [-0.4, -0.2) is 41.0 Å². The molecule has 1 aliphatic rings. The minimum absolute atomic E-state index is 0.0776. The van der Waals surface area contributed by atoms with Crippen LogP contribution in [0.1, 0.15) is 12.8 Å². The maximum atomic E-state index is 12.3. The highest BCUT2D eigenvalue weighted by atomic mass is 32.2. The van der Waals surface area contributed by atoms with Gasteiger partial charge in [0, 0.05) is 17.5 Å². The van der Waals surface area contributed by atoms with Gasteiger partial charge in [-0.15, -0.1) is 0 Å². The summed E-state index contributed by atoms with van der Waals surface area (Å²) in [5.74, 6) is -0.276. The van der Waals surface area contributed by atoms with E-state index in [4.69, 9.17) is 0 Å². The molecular formula is C17H16N4O3S2. The molecule has 26 heavy (non-hydrogen) atoms. The zero-order valence-electron chi connectivity index (χ0n) is 13.8. The smallest absolute Gasteiger partial charge is 0.229 e. The van der Waals surface area contributed by atoms with Gasteiger partial charge < -0.3 is 5.32 Å². The zero-order valence-corrected chi connectivity index (χ0v) is 15.4. The van der Waals surface area contributed by atoms with Crippen molar-refractivity contribution in [1.82, 2.24) is 15.2 Å². The quantitative estimate of drug-likeness (QED) is 0.740. The predicted octanol–water partition coefficient (Wildman–Crippen LogP) is 2.52. The van der Waals surface area contributed by atoms with Gasteiger partial charge in [0.25, 0.3) is 0 Å². The molecule has 1 saturated heterocycles. The Bertz CT molecular complexity index is 1060. The lowest BCUT2D eigenvalue weighted by molar-refractivity contribution is -0.120. The molecule has 0 aliphatic carbocycles. The van der Waals surface area contributed by atoms with Crippen molar-refractivity contribution in [3.63, 3.8) is 0 Å². The molecule has 1 aromatic carbocycles. The van der Waals surface area contributed by atoms with Crippen LogP contribution in [0, 0.1) is 5.92 Å². The molecule has 9 heteroatoms. The van der Waals surface area contributed by atoms with Gasteiger partial charge in [-0.1, -0.05) is 17.4 Å². The minimum Gasteiger partial charge on any atom is -0.302 e. The van der Waals surface area contributed by atoms with Crippen molar-refractivity contribution in [3.05, 3.63) is 36.7 Å². The molecule has 134 valence electrons. The lowest BCUT2D eigenvalue weighted by Gasteiger charge is -2.20. The number of fused-ring (bicyclic) bond motifs is 1. The normalized spacial score (nSPS) is 17.2. The van der Waals surface area contributed by atoms with Gasteiger partial charge in [-0.25, -0.2) is 13.4 Å². The fourth-order valence-electron chi connectivity index (χ4n) is 2.97. The van der Waals surface area contributed by atoms with E-state index in [1.165, 1.54) is 11.3 Å². The number of thiazole rings is 1. The van der Waals surface area contributed by atoms with E-state index < -0.39 is 9.84 Å². The van der Waals surface area contributed by atoms with E-state index in [-0.39, 0.29) is 23.3 Å². The van der Waals surface area contributed by atoms with Crippen molar-refractivity contribution in [2.24, 2.45) is 5.92 Å². The number of nitrogens with one attached hydrogen (secondary N) is 1. The number of hydrogen-bond acceptors (Lipinski definition) is 7. The van der Waals surface area contributed by atoms with Gasteiger partial charge in [0.15, 0.2) is 5.13 Å². The van der Waals surface area contributed by atoms with Crippen LogP contribution in [-0.2, 0) is 14.6 Å². The first-order valence-electron chi connectivity index (χ1n) is 8.19. The van der Waals surface area contributed by atoms with Gasteiger partial charge in [-0.3, -0.25) is 4.79 Å². The Labute approximate surface area is 154 Å². The Hall–Kier alpha value is -2.39. The molecule has 1 fully saturated rings. The molecule has 0 spiro atoms. The van der Waals surface area contributed by atoms with E-state index in [1.807, 2.05) is 24.3 Å². The Morgan fingerprint density at radius 2 is 2.00 bits per heavy atom. The molecule has 0 bridgehead atoms. The van der Waals surface area contributed by atoms with Gasteiger partial charge >= 0.3 is 0 Å². The van der Waals surface area contributed by atoms with Crippen LogP contribution in [0.5, 0.6) is 0 Å². The monoisotopic (exact) mass is 388 g/mol. The molecule has 1 N–H and O–H groups in total. The molecule has 0 radical (unpaired) electrons. The topological polar surface area (TPSA) is 102 Å². The summed E-state index contributed by atoms with van der Waals surface area (Å²) in [4.78, 5) is 17.6. The molecule has 7 nitrogen and oxygen atoms in total. The van der Waals surface area contributed by atoms with Crippen LogP contribution in [0.15, 0.2) is 36.7 Å². The first kappa shape index (κ1) is 17.0. The fraction of sp³-hybridized carbons (Fsp3) is 0.294. The summed E-state index contributed by atoms with van der Waals surface area (Å²) in [5, 5.41) is 12.2. The van der Waals surface area contributed by atoms with E-state index in [0.29, 0.717) is 18.0 Å². The molecule has 3 heterocycles. The predicted molar refractivity (Wildman–Crippen MR) is 101 cm³/mol. The summed E-state index contributed by atoms with van der Waals surface area (Å²) in [6, 6.07) is 7.75.